The van der Waals surface area contributed by atoms with Crippen LogP contribution < -0.4 is 5.73 Å². The lowest BCUT2D eigenvalue weighted by atomic mass is 10.1. The topological polar surface area (TPSA) is 26.0 Å². The first-order valence-electron chi connectivity index (χ1n) is 4.83. The second-order valence-electron chi connectivity index (χ2n) is 3.29. The Balaban J connectivity index is 2.96. The molecule has 0 bridgehead atoms. The van der Waals surface area contributed by atoms with Gasteiger partial charge < -0.3 is 5.73 Å². The molecule has 14 heavy (non-hydrogen) atoms. The maximum Gasteiger partial charge on any atom is 0.129 e. The van der Waals surface area contributed by atoms with Crippen LogP contribution in [0.15, 0.2) is 23.1 Å². The fraction of sp³-hybridized carbons (Fsp3) is 0.455. The van der Waals surface area contributed by atoms with E-state index in [4.69, 9.17) is 5.73 Å². The monoisotopic (exact) mass is 213 g/mol. The van der Waals surface area contributed by atoms with Crippen LogP contribution in [0.4, 0.5) is 4.39 Å². The van der Waals surface area contributed by atoms with Gasteiger partial charge in [-0.2, -0.15) is 0 Å². The van der Waals surface area contributed by atoms with E-state index < -0.39 is 0 Å². The van der Waals surface area contributed by atoms with Crippen molar-refractivity contribution in [2.24, 2.45) is 5.73 Å². The van der Waals surface area contributed by atoms with E-state index in [1.807, 2.05) is 13.0 Å². The van der Waals surface area contributed by atoms with E-state index in [1.165, 1.54) is 6.07 Å². The van der Waals surface area contributed by atoms with Crippen LogP contribution in [0.3, 0.4) is 0 Å². The molecular formula is C11H16FNS. The van der Waals surface area contributed by atoms with Crippen LogP contribution in [0.2, 0.25) is 0 Å². The summed E-state index contributed by atoms with van der Waals surface area (Å²) in [6.45, 7) is 3.92. The summed E-state index contributed by atoms with van der Waals surface area (Å²) in [4.78, 5) is 0.974. The van der Waals surface area contributed by atoms with Gasteiger partial charge in [0.1, 0.15) is 5.82 Å². The molecule has 2 N–H and O–H groups in total. The first kappa shape index (κ1) is 11.5. The largest absolute Gasteiger partial charge is 0.324 e. The minimum Gasteiger partial charge on any atom is -0.324 e. The maximum absolute atomic E-state index is 13.4. The Morgan fingerprint density at radius 1 is 1.50 bits per heavy atom. The Labute approximate surface area is 88.9 Å². The highest BCUT2D eigenvalue weighted by molar-refractivity contribution is 7.99. The third-order valence-corrected chi connectivity index (χ3v) is 3.21. The van der Waals surface area contributed by atoms with Crippen molar-refractivity contribution in [1.82, 2.24) is 0 Å². The van der Waals surface area contributed by atoms with Crippen molar-refractivity contribution < 1.29 is 4.39 Å². The molecule has 0 saturated carbocycles. The fourth-order valence-corrected chi connectivity index (χ4v) is 2.33. The molecule has 1 atom stereocenters. The second kappa shape index (κ2) is 5.37. The molecule has 1 rings (SSSR count). The van der Waals surface area contributed by atoms with Gasteiger partial charge in [0.25, 0.3) is 0 Å². The molecule has 0 aromatic heterocycles. The molecule has 1 aromatic carbocycles. The standard InChI is InChI=1S/C11H16FNS/c1-3-7-14-10-6-4-5-9(12)11(10)8(2)13/h4-6,8H,3,7,13H2,1-2H3/t8-/m1/s1. The molecule has 78 valence electrons. The average molecular weight is 213 g/mol. The molecule has 0 heterocycles. The zero-order chi connectivity index (χ0) is 10.6. The highest BCUT2D eigenvalue weighted by Gasteiger charge is 2.11. The highest BCUT2D eigenvalue weighted by Crippen LogP contribution is 2.28. The van der Waals surface area contributed by atoms with Gasteiger partial charge in [-0.15, -0.1) is 11.8 Å². The van der Waals surface area contributed by atoms with Gasteiger partial charge in [-0.05, 0) is 31.2 Å². The summed E-state index contributed by atoms with van der Waals surface area (Å²) in [5, 5.41) is 0. The van der Waals surface area contributed by atoms with Gasteiger partial charge >= 0.3 is 0 Å². The Hall–Kier alpha value is -0.540. The average Bonchev–Trinajstić information content (AvgIpc) is 2.14. The van der Waals surface area contributed by atoms with Gasteiger partial charge in [-0.25, -0.2) is 4.39 Å². The van der Waals surface area contributed by atoms with Crippen LogP contribution in [-0.2, 0) is 0 Å². The molecule has 0 aliphatic heterocycles. The summed E-state index contributed by atoms with van der Waals surface area (Å²) < 4.78 is 13.4. The van der Waals surface area contributed by atoms with E-state index in [-0.39, 0.29) is 11.9 Å². The van der Waals surface area contributed by atoms with Crippen molar-refractivity contribution in [2.45, 2.75) is 31.2 Å². The van der Waals surface area contributed by atoms with Crippen LogP contribution in [0.25, 0.3) is 0 Å². The molecule has 0 spiro atoms. The smallest absolute Gasteiger partial charge is 0.129 e. The Morgan fingerprint density at radius 3 is 2.79 bits per heavy atom. The molecule has 0 fully saturated rings. The predicted octanol–water partition coefficient (Wildman–Crippen LogP) is 3.35. The summed E-state index contributed by atoms with van der Waals surface area (Å²) in [5.74, 6) is 0.810. The molecular weight excluding hydrogens is 197 g/mol. The number of hydrogen-bond donors (Lipinski definition) is 1. The summed E-state index contributed by atoms with van der Waals surface area (Å²) in [5.41, 5.74) is 6.38. The van der Waals surface area contributed by atoms with Crippen LogP contribution in [-0.4, -0.2) is 5.75 Å². The van der Waals surface area contributed by atoms with Gasteiger partial charge in [0.05, 0.1) is 0 Å². The lowest BCUT2D eigenvalue weighted by molar-refractivity contribution is 0.585. The van der Waals surface area contributed by atoms with E-state index in [2.05, 4.69) is 6.92 Å². The second-order valence-corrected chi connectivity index (χ2v) is 4.43. The molecule has 3 heteroatoms. The van der Waals surface area contributed by atoms with Gasteiger partial charge in [-0.1, -0.05) is 13.0 Å². The lowest BCUT2D eigenvalue weighted by Gasteiger charge is -2.12. The van der Waals surface area contributed by atoms with E-state index >= 15 is 0 Å². The Morgan fingerprint density at radius 2 is 2.21 bits per heavy atom. The normalized spacial score (nSPS) is 12.9. The van der Waals surface area contributed by atoms with Crippen LogP contribution >= 0.6 is 11.8 Å². The zero-order valence-electron chi connectivity index (χ0n) is 8.59. The number of hydrogen-bond acceptors (Lipinski definition) is 2. The van der Waals surface area contributed by atoms with E-state index in [0.717, 1.165) is 17.1 Å². The van der Waals surface area contributed by atoms with Gasteiger partial charge in [-0.3, -0.25) is 0 Å². The van der Waals surface area contributed by atoms with E-state index in [1.54, 1.807) is 17.8 Å². The summed E-state index contributed by atoms with van der Waals surface area (Å²) in [7, 11) is 0. The molecule has 0 aliphatic carbocycles. The first-order chi connectivity index (χ1) is 6.66. The van der Waals surface area contributed by atoms with Crippen molar-refractivity contribution in [3.8, 4) is 0 Å². The third-order valence-electron chi connectivity index (χ3n) is 1.93. The number of thioether (sulfide) groups is 1. The minimum atomic E-state index is -0.240. The maximum atomic E-state index is 13.4. The number of nitrogens with two attached hydrogens (primary N) is 1. The summed E-state index contributed by atoms with van der Waals surface area (Å²) in [6.07, 6.45) is 1.08. The molecule has 0 unspecified atom stereocenters. The predicted molar refractivity (Wildman–Crippen MR) is 60.0 cm³/mol. The van der Waals surface area contributed by atoms with Crippen LogP contribution in [0, 0.1) is 5.82 Å². The Kier molecular flexibility index (Phi) is 4.42. The minimum absolute atomic E-state index is 0.193. The van der Waals surface area contributed by atoms with Crippen molar-refractivity contribution in [1.29, 1.82) is 0 Å². The molecule has 0 amide bonds. The highest BCUT2D eigenvalue weighted by atomic mass is 32.2. The number of halogens is 1. The van der Waals surface area contributed by atoms with E-state index in [9.17, 15) is 4.39 Å². The van der Waals surface area contributed by atoms with Crippen molar-refractivity contribution in [3.63, 3.8) is 0 Å². The van der Waals surface area contributed by atoms with Crippen molar-refractivity contribution in [3.05, 3.63) is 29.6 Å². The van der Waals surface area contributed by atoms with E-state index in [0.29, 0.717) is 5.56 Å². The summed E-state index contributed by atoms with van der Waals surface area (Å²) in [6, 6.07) is 4.89. The third kappa shape index (κ3) is 2.72. The molecule has 0 saturated heterocycles. The van der Waals surface area contributed by atoms with Crippen LogP contribution in [0.5, 0.6) is 0 Å². The summed E-state index contributed by atoms with van der Waals surface area (Å²) >= 11 is 1.67. The van der Waals surface area contributed by atoms with Gasteiger partial charge in [0.15, 0.2) is 0 Å². The molecule has 0 aliphatic rings. The van der Waals surface area contributed by atoms with Crippen LogP contribution in [0.1, 0.15) is 31.9 Å². The lowest BCUT2D eigenvalue weighted by Crippen LogP contribution is -2.09. The molecule has 1 aromatic rings. The SMILES string of the molecule is CCCSc1cccc(F)c1[C@@H](C)N. The Bertz CT molecular complexity index is 299. The fourth-order valence-electron chi connectivity index (χ4n) is 1.30. The zero-order valence-corrected chi connectivity index (χ0v) is 9.40. The first-order valence-corrected chi connectivity index (χ1v) is 5.82. The van der Waals surface area contributed by atoms with Gasteiger partial charge in [0.2, 0.25) is 0 Å². The van der Waals surface area contributed by atoms with Crippen molar-refractivity contribution >= 4 is 11.8 Å². The quantitative estimate of drug-likeness (QED) is 0.776. The number of rotatable bonds is 4. The number of benzene rings is 1. The van der Waals surface area contributed by atoms with Gasteiger partial charge in [0, 0.05) is 16.5 Å². The molecule has 0 radical (unpaired) electrons. The molecule has 1 nitrogen and oxygen atoms in total. The van der Waals surface area contributed by atoms with Crippen molar-refractivity contribution in [2.75, 3.05) is 5.75 Å².